The number of nitrogens with one attached hydrogen (secondary N) is 1. The molecule has 0 aliphatic rings. The zero-order valence-electron chi connectivity index (χ0n) is 10.9. The number of hydrogen-bond acceptors (Lipinski definition) is 6. The van der Waals surface area contributed by atoms with Gasteiger partial charge in [-0.2, -0.15) is 0 Å². The lowest BCUT2D eigenvalue weighted by molar-refractivity contribution is 0.101. The largest absolute Gasteiger partial charge is 0.492 e. The van der Waals surface area contributed by atoms with Gasteiger partial charge in [-0.15, -0.1) is 0 Å². The van der Waals surface area contributed by atoms with Crippen molar-refractivity contribution in [3.63, 3.8) is 0 Å². The highest BCUT2D eigenvalue weighted by molar-refractivity contribution is 8.13. The number of rotatable bonds is 5. The summed E-state index contributed by atoms with van der Waals surface area (Å²) in [4.78, 5) is 11.6. The molecule has 2 rings (SSSR count). The van der Waals surface area contributed by atoms with Crippen LogP contribution in [0.25, 0.3) is 0 Å². The second-order valence-corrected chi connectivity index (χ2v) is 6.41. The molecule has 1 amide bonds. The molecular formula is C12H11ClN2O5S. The quantitative estimate of drug-likeness (QED) is 0.844. The SMILES string of the molecule is CCOc1ccc(NC(=O)c2ccon2)cc1S(=O)(=O)Cl. The number of anilines is 1. The topological polar surface area (TPSA) is 98.5 Å². The van der Waals surface area contributed by atoms with Gasteiger partial charge in [-0.3, -0.25) is 4.79 Å². The summed E-state index contributed by atoms with van der Waals surface area (Å²) in [6.07, 6.45) is 1.25. The number of amides is 1. The molecule has 9 heteroatoms. The fourth-order valence-corrected chi connectivity index (χ4v) is 2.57. The minimum absolute atomic E-state index is 0.0687. The van der Waals surface area contributed by atoms with Crippen LogP contribution in [-0.2, 0) is 9.05 Å². The van der Waals surface area contributed by atoms with E-state index < -0.39 is 15.0 Å². The highest BCUT2D eigenvalue weighted by atomic mass is 35.7. The van der Waals surface area contributed by atoms with Gasteiger partial charge < -0.3 is 14.6 Å². The van der Waals surface area contributed by atoms with Crippen molar-refractivity contribution in [2.75, 3.05) is 11.9 Å². The Kier molecular flexibility index (Phi) is 4.49. The number of hydrogen-bond donors (Lipinski definition) is 1. The fourth-order valence-electron chi connectivity index (χ4n) is 1.58. The molecule has 0 unspecified atom stereocenters. The summed E-state index contributed by atoms with van der Waals surface area (Å²) in [5.41, 5.74) is 0.310. The van der Waals surface area contributed by atoms with E-state index in [4.69, 9.17) is 15.4 Å². The number of nitrogens with zero attached hydrogens (tertiary/aromatic N) is 1. The van der Waals surface area contributed by atoms with Gasteiger partial charge in [-0.05, 0) is 25.1 Å². The van der Waals surface area contributed by atoms with Crippen LogP contribution in [0.5, 0.6) is 5.75 Å². The van der Waals surface area contributed by atoms with E-state index in [1.54, 1.807) is 6.92 Å². The van der Waals surface area contributed by atoms with Gasteiger partial charge in [0.05, 0.1) is 6.61 Å². The average molecular weight is 331 g/mol. The highest BCUT2D eigenvalue weighted by Gasteiger charge is 2.19. The third-order valence-electron chi connectivity index (χ3n) is 2.43. The van der Waals surface area contributed by atoms with Crippen molar-refractivity contribution in [1.82, 2.24) is 5.16 Å². The molecule has 1 aromatic carbocycles. The maximum atomic E-state index is 11.8. The van der Waals surface area contributed by atoms with Gasteiger partial charge in [0.15, 0.2) is 5.69 Å². The molecule has 2 aromatic rings. The van der Waals surface area contributed by atoms with Crippen molar-refractivity contribution in [2.24, 2.45) is 0 Å². The van der Waals surface area contributed by atoms with Gasteiger partial charge in [0.2, 0.25) is 0 Å². The van der Waals surface area contributed by atoms with Crippen LogP contribution in [0.1, 0.15) is 17.4 Å². The van der Waals surface area contributed by atoms with E-state index in [0.717, 1.165) is 0 Å². The van der Waals surface area contributed by atoms with Crippen LogP contribution in [-0.4, -0.2) is 26.1 Å². The molecule has 21 heavy (non-hydrogen) atoms. The number of carbonyl (C=O) groups excluding carboxylic acids is 1. The first kappa shape index (κ1) is 15.3. The van der Waals surface area contributed by atoms with Gasteiger partial charge in [0.1, 0.15) is 16.9 Å². The Bertz CT molecular complexity index is 743. The van der Waals surface area contributed by atoms with Crippen molar-refractivity contribution in [3.05, 3.63) is 36.2 Å². The predicted molar refractivity (Wildman–Crippen MR) is 75.1 cm³/mol. The zero-order valence-corrected chi connectivity index (χ0v) is 12.4. The molecule has 0 saturated carbocycles. The third kappa shape index (κ3) is 3.73. The van der Waals surface area contributed by atoms with Gasteiger partial charge in [0, 0.05) is 22.4 Å². The number of benzene rings is 1. The summed E-state index contributed by atoms with van der Waals surface area (Å²) < 4.78 is 32.8. The van der Waals surface area contributed by atoms with Gasteiger partial charge >= 0.3 is 0 Å². The van der Waals surface area contributed by atoms with Crippen LogP contribution in [0.15, 0.2) is 39.9 Å². The molecule has 1 N–H and O–H groups in total. The molecule has 0 aliphatic carbocycles. The predicted octanol–water partition coefficient (Wildman–Crippen LogP) is 2.25. The molecule has 0 radical (unpaired) electrons. The molecule has 0 atom stereocenters. The molecular weight excluding hydrogens is 320 g/mol. The minimum atomic E-state index is -4.01. The molecule has 1 heterocycles. The number of aromatic nitrogens is 1. The Morgan fingerprint density at radius 1 is 1.43 bits per heavy atom. The Hall–Kier alpha value is -2.06. The number of halogens is 1. The molecule has 0 bridgehead atoms. The summed E-state index contributed by atoms with van der Waals surface area (Å²) in [7, 11) is 1.35. The van der Waals surface area contributed by atoms with E-state index >= 15 is 0 Å². The Labute approximate surface area is 125 Å². The Morgan fingerprint density at radius 2 is 2.19 bits per heavy atom. The summed E-state index contributed by atoms with van der Waals surface area (Å²) in [5, 5.41) is 5.96. The van der Waals surface area contributed by atoms with E-state index in [1.807, 2.05) is 0 Å². The lowest BCUT2D eigenvalue weighted by Gasteiger charge is -2.10. The van der Waals surface area contributed by atoms with Crippen LogP contribution in [0.3, 0.4) is 0 Å². The summed E-state index contributed by atoms with van der Waals surface area (Å²) >= 11 is 0. The normalized spacial score (nSPS) is 11.1. The number of ether oxygens (including phenoxy) is 1. The van der Waals surface area contributed by atoms with Crippen LogP contribution in [0, 0.1) is 0 Å². The lowest BCUT2D eigenvalue weighted by atomic mass is 10.3. The minimum Gasteiger partial charge on any atom is -0.492 e. The lowest BCUT2D eigenvalue weighted by Crippen LogP contribution is -2.12. The van der Waals surface area contributed by atoms with Crippen molar-refractivity contribution in [1.29, 1.82) is 0 Å². The van der Waals surface area contributed by atoms with E-state index in [2.05, 4.69) is 15.0 Å². The van der Waals surface area contributed by atoms with Crippen molar-refractivity contribution in [2.45, 2.75) is 11.8 Å². The molecule has 0 aliphatic heterocycles. The van der Waals surface area contributed by atoms with Crippen LogP contribution >= 0.6 is 10.7 Å². The first-order valence-electron chi connectivity index (χ1n) is 5.85. The second kappa shape index (κ2) is 6.15. The van der Waals surface area contributed by atoms with E-state index in [-0.39, 0.29) is 28.6 Å². The maximum Gasteiger partial charge on any atom is 0.277 e. The maximum absolute atomic E-state index is 11.8. The van der Waals surface area contributed by atoms with Crippen molar-refractivity contribution < 1.29 is 22.5 Å². The van der Waals surface area contributed by atoms with Crippen LogP contribution in [0.2, 0.25) is 0 Å². The summed E-state index contributed by atoms with van der Waals surface area (Å²) in [6.45, 7) is 1.99. The third-order valence-corrected chi connectivity index (χ3v) is 3.78. The molecule has 0 saturated heterocycles. The first-order valence-corrected chi connectivity index (χ1v) is 8.16. The second-order valence-electron chi connectivity index (χ2n) is 3.87. The highest BCUT2D eigenvalue weighted by Crippen LogP contribution is 2.30. The van der Waals surface area contributed by atoms with Gasteiger partial charge in [0.25, 0.3) is 15.0 Å². The Balaban J connectivity index is 2.32. The molecule has 7 nitrogen and oxygen atoms in total. The molecule has 0 fully saturated rings. The summed E-state index contributed by atoms with van der Waals surface area (Å²) in [5.74, 6) is -0.419. The van der Waals surface area contributed by atoms with E-state index in [1.165, 1.54) is 30.5 Å². The van der Waals surface area contributed by atoms with Crippen molar-refractivity contribution >= 4 is 31.3 Å². The van der Waals surface area contributed by atoms with Gasteiger partial charge in [-0.25, -0.2) is 8.42 Å². The Morgan fingerprint density at radius 3 is 2.76 bits per heavy atom. The average Bonchev–Trinajstić information content (AvgIpc) is 2.93. The van der Waals surface area contributed by atoms with Crippen LogP contribution < -0.4 is 10.1 Å². The molecule has 112 valence electrons. The fraction of sp³-hybridized carbons (Fsp3) is 0.167. The standard InChI is InChI=1S/C12H11ClN2O5S/c1-2-19-10-4-3-8(7-11(10)21(13,17)18)14-12(16)9-5-6-20-15-9/h3-7H,2H2,1H3,(H,14,16). The van der Waals surface area contributed by atoms with E-state index in [9.17, 15) is 13.2 Å². The van der Waals surface area contributed by atoms with E-state index in [0.29, 0.717) is 0 Å². The molecule has 1 aromatic heterocycles. The molecule has 0 spiro atoms. The zero-order chi connectivity index (χ0) is 15.5. The van der Waals surface area contributed by atoms with Gasteiger partial charge in [-0.1, -0.05) is 5.16 Å². The van der Waals surface area contributed by atoms with Crippen LogP contribution in [0.4, 0.5) is 5.69 Å². The smallest absolute Gasteiger partial charge is 0.277 e. The number of carbonyl (C=O) groups is 1. The first-order chi connectivity index (χ1) is 9.91. The summed E-state index contributed by atoms with van der Waals surface area (Å²) in [6, 6.07) is 5.50. The van der Waals surface area contributed by atoms with Crippen molar-refractivity contribution in [3.8, 4) is 5.75 Å². The monoisotopic (exact) mass is 330 g/mol.